The first kappa shape index (κ1) is 11.6. The number of anilines is 1. The molecular weight excluding hydrogens is 214 g/mol. The maximum Gasteiger partial charge on any atom is 0.243 e. The van der Waals surface area contributed by atoms with Gasteiger partial charge in [-0.3, -0.25) is 0 Å². The third-order valence-electron chi connectivity index (χ3n) is 2.50. The summed E-state index contributed by atoms with van der Waals surface area (Å²) in [6.07, 6.45) is 1.02. The summed E-state index contributed by atoms with van der Waals surface area (Å²) in [6.45, 7) is 5.77. The molecule has 2 aromatic rings. The van der Waals surface area contributed by atoms with Crippen LogP contribution in [0.2, 0.25) is 0 Å². The molecule has 5 heteroatoms. The smallest absolute Gasteiger partial charge is 0.243 e. The van der Waals surface area contributed by atoms with Crippen molar-refractivity contribution in [1.82, 2.24) is 20.2 Å². The Morgan fingerprint density at radius 3 is 3.00 bits per heavy atom. The van der Waals surface area contributed by atoms with E-state index in [0.717, 1.165) is 25.5 Å². The fourth-order valence-electron chi connectivity index (χ4n) is 1.70. The molecule has 1 aromatic carbocycles. The molecular formula is C12H17N5. The molecule has 1 N–H and O–H groups in total. The lowest BCUT2D eigenvalue weighted by Gasteiger charge is -2.06. The van der Waals surface area contributed by atoms with E-state index in [4.69, 9.17) is 0 Å². The summed E-state index contributed by atoms with van der Waals surface area (Å²) in [5, 5.41) is 14.8. The van der Waals surface area contributed by atoms with Gasteiger partial charge in [0.2, 0.25) is 5.95 Å². The van der Waals surface area contributed by atoms with Gasteiger partial charge in [-0.2, -0.15) is 0 Å². The summed E-state index contributed by atoms with van der Waals surface area (Å²) in [5.74, 6) is 0.730. The Bertz CT molecular complexity index is 477. The Morgan fingerprint density at radius 1 is 1.35 bits per heavy atom. The molecule has 0 aliphatic heterocycles. The predicted octanol–water partition coefficient (Wildman–Crippen LogP) is 2.00. The number of hydrogen-bond acceptors (Lipinski definition) is 4. The summed E-state index contributed by atoms with van der Waals surface area (Å²) in [5.41, 5.74) is 2.49. The lowest BCUT2D eigenvalue weighted by molar-refractivity contribution is 0.582. The SMILES string of the molecule is CCCn1nnnc1NCc1cccc(C)c1. The van der Waals surface area contributed by atoms with E-state index in [1.54, 1.807) is 4.68 Å². The van der Waals surface area contributed by atoms with Crippen LogP contribution < -0.4 is 5.32 Å². The summed E-state index contributed by atoms with van der Waals surface area (Å²) in [6, 6.07) is 8.39. The molecule has 0 spiro atoms. The summed E-state index contributed by atoms with van der Waals surface area (Å²) < 4.78 is 1.79. The molecule has 0 radical (unpaired) electrons. The van der Waals surface area contributed by atoms with E-state index >= 15 is 0 Å². The number of aromatic nitrogens is 4. The van der Waals surface area contributed by atoms with Crippen LogP contribution in [-0.4, -0.2) is 20.2 Å². The third-order valence-corrected chi connectivity index (χ3v) is 2.50. The highest BCUT2D eigenvalue weighted by molar-refractivity contribution is 5.28. The van der Waals surface area contributed by atoms with Crippen molar-refractivity contribution in [3.63, 3.8) is 0 Å². The lowest BCUT2D eigenvalue weighted by atomic mass is 10.1. The maximum absolute atomic E-state index is 3.96. The van der Waals surface area contributed by atoms with Gasteiger partial charge in [0.25, 0.3) is 0 Å². The number of aryl methyl sites for hydroxylation is 2. The van der Waals surface area contributed by atoms with Gasteiger partial charge >= 0.3 is 0 Å². The minimum absolute atomic E-state index is 0.730. The van der Waals surface area contributed by atoms with E-state index in [1.807, 2.05) is 0 Å². The second kappa shape index (κ2) is 5.43. The summed E-state index contributed by atoms with van der Waals surface area (Å²) in [4.78, 5) is 0. The van der Waals surface area contributed by atoms with E-state index in [2.05, 4.69) is 59.0 Å². The average Bonchev–Trinajstić information content (AvgIpc) is 2.75. The Balaban J connectivity index is 1.99. The lowest BCUT2D eigenvalue weighted by Crippen LogP contribution is -2.08. The van der Waals surface area contributed by atoms with Crippen LogP contribution in [0.1, 0.15) is 24.5 Å². The van der Waals surface area contributed by atoms with Crippen LogP contribution >= 0.6 is 0 Å². The zero-order valence-electron chi connectivity index (χ0n) is 10.2. The molecule has 0 fully saturated rings. The van der Waals surface area contributed by atoms with Gasteiger partial charge in [0.1, 0.15) is 0 Å². The standard InChI is InChI=1S/C12H17N5/c1-3-7-17-12(14-15-16-17)13-9-11-6-4-5-10(2)8-11/h4-6,8H,3,7,9H2,1-2H3,(H,13,14,16). The van der Waals surface area contributed by atoms with E-state index in [9.17, 15) is 0 Å². The molecule has 90 valence electrons. The van der Waals surface area contributed by atoms with Crippen molar-refractivity contribution < 1.29 is 0 Å². The average molecular weight is 231 g/mol. The van der Waals surface area contributed by atoms with Gasteiger partial charge in [-0.15, -0.1) is 0 Å². The first-order valence-electron chi connectivity index (χ1n) is 5.85. The Kier molecular flexibility index (Phi) is 3.69. The van der Waals surface area contributed by atoms with Crippen LogP contribution in [0.4, 0.5) is 5.95 Å². The number of nitrogens with one attached hydrogen (secondary N) is 1. The molecule has 0 aliphatic carbocycles. The normalized spacial score (nSPS) is 10.5. The molecule has 1 aromatic heterocycles. The second-order valence-corrected chi connectivity index (χ2v) is 4.07. The van der Waals surface area contributed by atoms with Crippen molar-refractivity contribution in [1.29, 1.82) is 0 Å². The predicted molar refractivity (Wildman–Crippen MR) is 66.6 cm³/mol. The zero-order valence-corrected chi connectivity index (χ0v) is 10.2. The monoisotopic (exact) mass is 231 g/mol. The molecule has 1 heterocycles. The van der Waals surface area contributed by atoms with Gasteiger partial charge in [-0.25, -0.2) is 4.68 Å². The minimum Gasteiger partial charge on any atom is -0.349 e. The van der Waals surface area contributed by atoms with E-state index in [1.165, 1.54) is 11.1 Å². The van der Waals surface area contributed by atoms with Crippen LogP contribution in [0.25, 0.3) is 0 Å². The van der Waals surface area contributed by atoms with Crippen LogP contribution in [0.15, 0.2) is 24.3 Å². The number of tetrazole rings is 1. The van der Waals surface area contributed by atoms with Crippen LogP contribution in [0.3, 0.4) is 0 Å². The van der Waals surface area contributed by atoms with Crippen LogP contribution in [-0.2, 0) is 13.1 Å². The van der Waals surface area contributed by atoms with Crippen molar-refractivity contribution in [3.8, 4) is 0 Å². The van der Waals surface area contributed by atoms with Crippen molar-refractivity contribution >= 4 is 5.95 Å². The van der Waals surface area contributed by atoms with Crippen molar-refractivity contribution in [2.45, 2.75) is 33.4 Å². The Morgan fingerprint density at radius 2 is 2.24 bits per heavy atom. The molecule has 0 saturated carbocycles. The van der Waals surface area contributed by atoms with Crippen LogP contribution in [0, 0.1) is 6.92 Å². The van der Waals surface area contributed by atoms with Gasteiger partial charge in [0.05, 0.1) is 0 Å². The topological polar surface area (TPSA) is 55.6 Å². The van der Waals surface area contributed by atoms with E-state index in [0.29, 0.717) is 0 Å². The Labute approximate surface area is 101 Å². The minimum atomic E-state index is 0.730. The molecule has 0 unspecified atom stereocenters. The maximum atomic E-state index is 3.96. The van der Waals surface area contributed by atoms with Crippen LogP contribution in [0.5, 0.6) is 0 Å². The molecule has 2 rings (SSSR count). The van der Waals surface area contributed by atoms with E-state index < -0.39 is 0 Å². The zero-order chi connectivity index (χ0) is 12.1. The largest absolute Gasteiger partial charge is 0.349 e. The first-order valence-corrected chi connectivity index (χ1v) is 5.85. The fourth-order valence-corrected chi connectivity index (χ4v) is 1.70. The highest BCUT2D eigenvalue weighted by atomic mass is 15.6. The van der Waals surface area contributed by atoms with Gasteiger partial charge in [0, 0.05) is 13.1 Å². The molecule has 0 bridgehead atoms. The summed E-state index contributed by atoms with van der Waals surface area (Å²) in [7, 11) is 0. The molecule has 0 amide bonds. The quantitative estimate of drug-likeness (QED) is 0.855. The number of nitrogens with zero attached hydrogens (tertiary/aromatic N) is 4. The highest BCUT2D eigenvalue weighted by Gasteiger charge is 2.03. The van der Waals surface area contributed by atoms with Gasteiger partial charge in [-0.05, 0) is 29.3 Å². The molecule has 5 nitrogen and oxygen atoms in total. The molecule has 17 heavy (non-hydrogen) atoms. The molecule has 0 atom stereocenters. The number of benzene rings is 1. The molecule has 0 saturated heterocycles. The van der Waals surface area contributed by atoms with Crippen molar-refractivity contribution in [3.05, 3.63) is 35.4 Å². The van der Waals surface area contributed by atoms with E-state index in [-0.39, 0.29) is 0 Å². The first-order chi connectivity index (χ1) is 8.29. The summed E-state index contributed by atoms with van der Waals surface area (Å²) >= 11 is 0. The third kappa shape index (κ3) is 3.03. The fraction of sp³-hybridized carbons (Fsp3) is 0.417. The molecule has 0 aliphatic rings. The van der Waals surface area contributed by atoms with Crippen molar-refractivity contribution in [2.75, 3.05) is 5.32 Å². The Hall–Kier alpha value is -1.91. The highest BCUT2D eigenvalue weighted by Crippen LogP contribution is 2.07. The van der Waals surface area contributed by atoms with Gasteiger partial charge < -0.3 is 5.32 Å². The van der Waals surface area contributed by atoms with Crippen molar-refractivity contribution in [2.24, 2.45) is 0 Å². The second-order valence-electron chi connectivity index (χ2n) is 4.07. The van der Waals surface area contributed by atoms with Gasteiger partial charge in [-0.1, -0.05) is 41.9 Å². The number of rotatable bonds is 5. The van der Waals surface area contributed by atoms with Gasteiger partial charge in [0.15, 0.2) is 0 Å². The number of hydrogen-bond donors (Lipinski definition) is 1.